The second kappa shape index (κ2) is 7.43. The molecule has 0 bridgehead atoms. The summed E-state index contributed by atoms with van der Waals surface area (Å²) in [6, 6.07) is 7.19. The fourth-order valence-electron chi connectivity index (χ4n) is 2.51. The lowest BCUT2D eigenvalue weighted by Gasteiger charge is -2.16. The molecule has 0 spiro atoms. The van der Waals surface area contributed by atoms with Gasteiger partial charge in [0.05, 0.1) is 11.3 Å². The van der Waals surface area contributed by atoms with Crippen molar-refractivity contribution in [1.82, 2.24) is 4.90 Å². The maximum atomic E-state index is 12.2. The van der Waals surface area contributed by atoms with Crippen molar-refractivity contribution in [2.45, 2.75) is 25.3 Å². The van der Waals surface area contributed by atoms with E-state index in [-0.39, 0.29) is 36.2 Å². The smallest absolute Gasteiger partial charge is 0.255 e. The van der Waals surface area contributed by atoms with Crippen LogP contribution < -0.4 is 11.1 Å². The number of hydrogen-bond acceptors (Lipinski definition) is 3. The molecule has 3 N–H and O–H groups in total. The molecule has 1 aliphatic rings. The third-order valence-electron chi connectivity index (χ3n) is 3.67. The van der Waals surface area contributed by atoms with Gasteiger partial charge in [-0.15, -0.1) is 12.4 Å². The number of nitrogens with one attached hydrogen (secondary N) is 1. The van der Waals surface area contributed by atoms with Crippen molar-refractivity contribution >= 4 is 29.9 Å². The number of rotatable bonds is 3. The van der Waals surface area contributed by atoms with E-state index in [2.05, 4.69) is 5.32 Å². The van der Waals surface area contributed by atoms with Crippen molar-refractivity contribution in [2.24, 2.45) is 11.7 Å². The molecule has 5 nitrogen and oxygen atoms in total. The molecule has 2 unspecified atom stereocenters. The summed E-state index contributed by atoms with van der Waals surface area (Å²) >= 11 is 0. The maximum Gasteiger partial charge on any atom is 0.255 e. The van der Waals surface area contributed by atoms with Crippen molar-refractivity contribution in [3.05, 3.63) is 29.8 Å². The minimum Gasteiger partial charge on any atom is -0.345 e. The van der Waals surface area contributed by atoms with Crippen LogP contribution in [0.5, 0.6) is 0 Å². The summed E-state index contributed by atoms with van der Waals surface area (Å²) < 4.78 is 0. The summed E-state index contributed by atoms with van der Waals surface area (Å²) in [7, 11) is 3.38. The third kappa shape index (κ3) is 4.19. The van der Waals surface area contributed by atoms with Crippen LogP contribution in [0.15, 0.2) is 24.3 Å². The maximum absolute atomic E-state index is 12.2. The molecule has 0 aliphatic heterocycles. The van der Waals surface area contributed by atoms with Gasteiger partial charge in [0.25, 0.3) is 5.91 Å². The standard InChI is InChI=1S/C15H21N3O2.ClH/c1-18(2)15(20)12-5-3-4-6-13(12)17-14(19)10-7-8-11(16)9-10;/h3-6,10-11H,7-9,16H2,1-2H3,(H,17,19);1H. The van der Waals surface area contributed by atoms with Crippen LogP contribution in [0.4, 0.5) is 5.69 Å². The van der Waals surface area contributed by atoms with Crippen LogP contribution in [0.25, 0.3) is 0 Å². The molecule has 2 rings (SSSR count). The number of nitrogens with two attached hydrogens (primary N) is 1. The van der Waals surface area contributed by atoms with Gasteiger partial charge in [0.15, 0.2) is 0 Å². The molecule has 1 aromatic rings. The summed E-state index contributed by atoms with van der Waals surface area (Å²) in [4.78, 5) is 25.8. The summed E-state index contributed by atoms with van der Waals surface area (Å²) in [6.45, 7) is 0. The molecule has 1 saturated carbocycles. The first-order chi connectivity index (χ1) is 9.49. The Balaban J connectivity index is 0.00000220. The first kappa shape index (κ1) is 17.5. The molecule has 2 amide bonds. The van der Waals surface area contributed by atoms with Gasteiger partial charge < -0.3 is 16.0 Å². The number of halogens is 1. The molecule has 116 valence electrons. The molecule has 6 heteroatoms. The molecule has 1 aliphatic carbocycles. The summed E-state index contributed by atoms with van der Waals surface area (Å²) in [5.74, 6) is -0.214. The van der Waals surface area contributed by atoms with Gasteiger partial charge in [0.2, 0.25) is 5.91 Å². The van der Waals surface area contributed by atoms with E-state index in [0.717, 1.165) is 19.3 Å². The van der Waals surface area contributed by atoms with Gasteiger partial charge in [-0.2, -0.15) is 0 Å². The molecule has 1 fully saturated rings. The Bertz CT molecular complexity index is 519. The highest BCUT2D eigenvalue weighted by atomic mass is 35.5. The van der Waals surface area contributed by atoms with Gasteiger partial charge >= 0.3 is 0 Å². The number of amides is 2. The number of nitrogens with zero attached hydrogens (tertiary/aromatic N) is 1. The number of anilines is 1. The summed E-state index contributed by atoms with van der Waals surface area (Å²) in [6.07, 6.45) is 2.42. The van der Waals surface area contributed by atoms with Crippen LogP contribution in [0.3, 0.4) is 0 Å². The van der Waals surface area contributed by atoms with E-state index in [1.807, 2.05) is 6.07 Å². The minimum atomic E-state index is -0.121. The zero-order valence-electron chi connectivity index (χ0n) is 12.3. The van der Waals surface area contributed by atoms with Crippen LogP contribution in [0.2, 0.25) is 0 Å². The molecule has 0 heterocycles. The predicted octanol–water partition coefficient (Wildman–Crippen LogP) is 1.88. The zero-order valence-corrected chi connectivity index (χ0v) is 13.2. The van der Waals surface area contributed by atoms with E-state index in [9.17, 15) is 9.59 Å². The second-order valence-corrected chi connectivity index (χ2v) is 5.50. The Kier molecular flexibility index (Phi) is 6.18. The minimum absolute atomic E-state index is 0. The highest BCUT2D eigenvalue weighted by Gasteiger charge is 2.28. The van der Waals surface area contributed by atoms with E-state index in [1.54, 1.807) is 32.3 Å². The number of hydrogen-bond donors (Lipinski definition) is 2. The van der Waals surface area contributed by atoms with Gasteiger partial charge in [0, 0.05) is 26.1 Å². The van der Waals surface area contributed by atoms with Gasteiger partial charge in [-0.05, 0) is 31.4 Å². The normalized spacial score (nSPS) is 20.5. The fourth-order valence-corrected chi connectivity index (χ4v) is 2.51. The number of carbonyl (C=O) groups is 2. The van der Waals surface area contributed by atoms with E-state index in [1.165, 1.54) is 4.90 Å². The van der Waals surface area contributed by atoms with Crippen molar-refractivity contribution in [3.63, 3.8) is 0 Å². The van der Waals surface area contributed by atoms with E-state index < -0.39 is 0 Å². The van der Waals surface area contributed by atoms with Crippen LogP contribution in [0, 0.1) is 5.92 Å². The van der Waals surface area contributed by atoms with Crippen LogP contribution >= 0.6 is 12.4 Å². The van der Waals surface area contributed by atoms with Gasteiger partial charge in [-0.25, -0.2) is 0 Å². The Morgan fingerprint density at radius 1 is 1.24 bits per heavy atom. The van der Waals surface area contributed by atoms with Crippen molar-refractivity contribution in [2.75, 3.05) is 19.4 Å². The molecular formula is C15H22ClN3O2. The lowest BCUT2D eigenvalue weighted by Crippen LogP contribution is -2.26. The first-order valence-electron chi connectivity index (χ1n) is 6.86. The quantitative estimate of drug-likeness (QED) is 0.895. The van der Waals surface area contributed by atoms with E-state index in [0.29, 0.717) is 11.3 Å². The molecule has 0 saturated heterocycles. The Hall–Kier alpha value is -1.59. The van der Waals surface area contributed by atoms with Crippen LogP contribution in [-0.2, 0) is 4.79 Å². The number of para-hydroxylation sites is 1. The third-order valence-corrected chi connectivity index (χ3v) is 3.67. The lowest BCUT2D eigenvalue weighted by atomic mass is 10.1. The van der Waals surface area contributed by atoms with E-state index in [4.69, 9.17) is 5.73 Å². The molecular weight excluding hydrogens is 290 g/mol. The topological polar surface area (TPSA) is 75.4 Å². The largest absolute Gasteiger partial charge is 0.345 e. The number of benzene rings is 1. The first-order valence-corrected chi connectivity index (χ1v) is 6.86. The van der Waals surface area contributed by atoms with Crippen LogP contribution in [0.1, 0.15) is 29.6 Å². The fraction of sp³-hybridized carbons (Fsp3) is 0.467. The average molecular weight is 312 g/mol. The Morgan fingerprint density at radius 3 is 2.48 bits per heavy atom. The molecule has 0 aromatic heterocycles. The van der Waals surface area contributed by atoms with Gasteiger partial charge in [-0.3, -0.25) is 9.59 Å². The monoisotopic (exact) mass is 311 g/mol. The highest BCUT2D eigenvalue weighted by Crippen LogP contribution is 2.26. The predicted molar refractivity (Wildman–Crippen MR) is 85.7 cm³/mol. The molecule has 0 radical (unpaired) electrons. The van der Waals surface area contributed by atoms with E-state index >= 15 is 0 Å². The average Bonchev–Trinajstić information content (AvgIpc) is 2.85. The van der Waals surface area contributed by atoms with Crippen LogP contribution in [-0.4, -0.2) is 36.9 Å². The lowest BCUT2D eigenvalue weighted by molar-refractivity contribution is -0.119. The molecule has 1 aromatic carbocycles. The molecule has 21 heavy (non-hydrogen) atoms. The Morgan fingerprint density at radius 2 is 1.90 bits per heavy atom. The van der Waals surface area contributed by atoms with Gasteiger partial charge in [0.1, 0.15) is 0 Å². The second-order valence-electron chi connectivity index (χ2n) is 5.50. The zero-order chi connectivity index (χ0) is 14.7. The summed E-state index contributed by atoms with van der Waals surface area (Å²) in [5.41, 5.74) is 6.91. The summed E-state index contributed by atoms with van der Waals surface area (Å²) in [5, 5.41) is 2.87. The van der Waals surface area contributed by atoms with Crippen molar-refractivity contribution < 1.29 is 9.59 Å². The van der Waals surface area contributed by atoms with Crippen molar-refractivity contribution in [3.8, 4) is 0 Å². The SMILES string of the molecule is CN(C)C(=O)c1ccccc1NC(=O)C1CCC(N)C1.Cl. The molecule has 2 atom stereocenters. The number of carbonyl (C=O) groups excluding carboxylic acids is 2. The highest BCUT2D eigenvalue weighted by molar-refractivity contribution is 6.04. The Labute approximate surface area is 131 Å². The van der Waals surface area contributed by atoms with Crippen molar-refractivity contribution in [1.29, 1.82) is 0 Å². The van der Waals surface area contributed by atoms with Gasteiger partial charge in [-0.1, -0.05) is 12.1 Å².